The van der Waals surface area contributed by atoms with Crippen LogP contribution in [0.25, 0.3) is 33.7 Å². The van der Waals surface area contributed by atoms with Crippen molar-refractivity contribution in [2.24, 2.45) is 7.05 Å². The zero-order valence-corrected chi connectivity index (χ0v) is 20.1. The van der Waals surface area contributed by atoms with Gasteiger partial charge in [0.15, 0.2) is 0 Å². The Morgan fingerprint density at radius 3 is 2.46 bits per heavy atom. The topological polar surface area (TPSA) is 41.0 Å². The van der Waals surface area contributed by atoms with Gasteiger partial charge in [-0.25, -0.2) is 8.78 Å². The van der Waals surface area contributed by atoms with Gasteiger partial charge in [0.1, 0.15) is 17.2 Å². The average Bonchev–Trinajstić information content (AvgIpc) is 3.27. The number of nitrogens with one attached hydrogen (secondary N) is 1. The highest BCUT2D eigenvalue weighted by Gasteiger charge is 2.27. The molecule has 0 fully saturated rings. The molecule has 4 nitrogen and oxygen atoms in total. The number of anilines is 1. The maximum absolute atomic E-state index is 15.6. The van der Waals surface area contributed by atoms with Gasteiger partial charge >= 0.3 is 0 Å². The molecule has 3 aromatic carbocycles. The molecule has 1 N–H and O–H groups in total. The summed E-state index contributed by atoms with van der Waals surface area (Å²) in [6, 6.07) is 22.0. The van der Waals surface area contributed by atoms with Crippen LogP contribution in [-0.2, 0) is 13.6 Å². The lowest BCUT2D eigenvalue weighted by Gasteiger charge is -2.23. The Hall–Kier alpha value is -4.71. The predicted molar refractivity (Wildman–Crippen MR) is 145 cm³/mol. The van der Waals surface area contributed by atoms with Gasteiger partial charge in [-0.15, -0.1) is 0 Å². The van der Waals surface area contributed by atoms with E-state index in [2.05, 4.69) is 4.98 Å². The van der Waals surface area contributed by atoms with Crippen LogP contribution in [0.15, 0.2) is 102 Å². The molecule has 3 heterocycles. The van der Waals surface area contributed by atoms with E-state index in [1.165, 1.54) is 10.6 Å². The number of aryl methyl sites for hydroxylation is 1. The number of nitrogens with zero attached hydrogens (tertiary/aromatic N) is 2. The van der Waals surface area contributed by atoms with Crippen molar-refractivity contribution in [2.45, 2.75) is 6.54 Å². The van der Waals surface area contributed by atoms with Gasteiger partial charge in [0.25, 0.3) is 5.56 Å². The molecule has 6 heteroatoms. The van der Waals surface area contributed by atoms with Crippen LogP contribution in [0.1, 0.15) is 16.7 Å². The van der Waals surface area contributed by atoms with Crippen LogP contribution >= 0.6 is 0 Å². The van der Waals surface area contributed by atoms with E-state index in [4.69, 9.17) is 0 Å². The van der Waals surface area contributed by atoms with Crippen molar-refractivity contribution < 1.29 is 8.78 Å². The third-order valence-electron chi connectivity index (χ3n) is 6.69. The first-order valence-electron chi connectivity index (χ1n) is 12.0. The number of hydrogen-bond donors (Lipinski definition) is 1. The Labute approximate surface area is 212 Å². The number of aromatic nitrogens is 2. The maximum atomic E-state index is 15.6. The number of aromatic amines is 1. The molecule has 0 radical (unpaired) electrons. The van der Waals surface area contributed by atoms with E-state index in [1.807, 2.05) is 79.0 Å². The molecule has 1 aliphatic rings. The highest BCUT2D eigenvalue weighted by molar-refractivity contribution is 6.02. The molecule has 6 rings (SSSR count). The fourth-order valence-corrected chi connectivity index (χ4v) is 4.96. The number of rotatable bonds is 4. The number of benzene rings is 3. The third-order valence-corrected chi connectivity index (χ3v) is 6.69. The summed E-state index contributed by atoms with van der Waals surface area (Å²) in [5, 5.41) is 0.686. The van der Waals surface area contributed by atoms with E-state index >= 15 is 4.39 Å². The monoisotopic (exact) mass is 491 g/mol. The first-order chi connectivity index (χ1) is 18.0. The molecular formula is C31H23F2N3O. The molecule has 0 aliphatic carbocycles. The normalized spacial score (nSPS) is 13.3. The van der Waals surface area contributed by atoms with E-state index < -0.39 is 11.6 Å². The van der Waals surface area contributed by atoms with Crippen molar-refractivity contribution in [2.75, 3.05) is 4.90 Å². The molecular weight excluding hydrogens is 468 g/mol. The lowest BCUT2D eigenvalue weighted by Crippen LogP contribution is -2.17. The van der Waals surface area contributed by atoms with Crippen molar-refractivity contribution in [1.29, 1.82) is 0 Å². The van der Waals surface area contributed by atoms with E-state index in [1.54, 1.807) is 24.3 Å². The van der Waals surface area contributed by atoms with Crippen molar-refractivity contribution in [3.05, 3.63) is 136 Å². The van der Waals surface area contributed by atoms with Gasteiger partial charge in [-0.1, -0.05) is 72.8 Å². The second-order valence-corrected chi connectivity index (χ2v) is 9.13. The van der Waals surface area contributed by atoms with Crippen molar-refractivity contribution >= 4 is 28.2 Å². The maximum Gasteiger partial charge on any atom is 0.274 e. The minimum atomic E-state index is -0.673. The SMILES string of the molecule is Cn1cc2c3c(c[nH]c3c1=O)CN(/C=C(\C=C\c1ccccc1)c1ccccc1)c1c(F)cc(F)cc1-2. The van der Waals surface area contributed by atoms with Gasteiger partial charge in [0, 0.05) is 54.8 Å². The highest BCUT2D eigenvalue weighted by Crippen LogP contribution is 2.42. The highest BCUT2D eigenvalue weighted by atomic mass is 19.1. The fraction of sp³-hybridized carbons (Fsp3) is 0.0645. The van der Waals surface area contributed by atoms with Crippen LogP contribution in [0, 0.1) is 11.6 Å². The van der Waals surface area contributed by atoms with Crippen LogP contribution in [-0.4, -0.2) is 9.55 Å². The molecule has 0 spiro atoms. The summed E-state index contributed by atoms with van der Waals surface area (Å²) in [4.78, 5) is 17.7. The summed E-state index contributed by atoms with van der Waals surface area (Å²) >= 11 is 0. The zero-order chi connectivity index (χ0) is 25.5. The average molecular weight is 492 g/mol. The molecule has 0 saturated heterocycles. The van der Waals surface area contributed by atoms with Crippen LogP contribution in [0.5, 0.6) is 0 Å². The number of fused-ring (bicyclic) bond motifs is 2. The quantitative estimate of drug-likeness (QED) is 0.278. The Balaban J connectivity index is 1.59. The van der Waals surface area contributed by atoms with Gasteiger partial charge in [0.2, 0.25) is 0 Å². The largest absolute Gasteiger partial charge is 0.356 e. The molecule has 0 amide bonds. The lowest BCUT2D eigenvalue weighted by molar-refractivity contribution is 0.583. The Kier molecular flexibility index (Phi) is 5.57. The number of allylic oxidation sites excluding steroid dienone is 2. The van der Waals surface area contributed by atoms with E-state index in [0.717, 1.165) is 28.3 Å². The number of halogens is 2. The smallest absolute Gasteiger partial charge is 0.274 e. The zero-order valence-electron chi connectivity index (χ0n) is 20.1. The second kappa shape index (κ2) is 9.06. The summed E-state index contributed by atoms with van der Waals surface area (Å²) < 4.78 is 31.5. The molecule has 5 aromatic rings. The van der Waals surface area contributed by atoms with Gasteiger partial charge in [-0.2, -0.15) is 0 Å². The van der Waals surface area contributed by atoms with Crippen LogP contribution < -0.4 is 10.5 Å². The number of H-pyrrole nitrogens is 1. The molecule has 0 bridgehead atoms. The molecule has 0 atom stereocenters. The Morgan fingerprint density at radius 1 is 0.973 bits per heavy atom. The van der Waals surface area contributed by atoms with Crippen molar-refractivity contribution in [3.63, 3.8) is 0 Å². The third kappa shape index (κ3) is 4.06. The van der Waals surface area contributed by atoms with Crippen LogP contribution in [0.4, 0.5) is 14.5 Å². The molecule has 1 aliphatic heterocycles. The minimum absolute atomic E-state index is 0.191. The van der Waals surface area contributed by atoms with Gasteiger partial charge in [-0.3, -0.25) is 4.79 Å². The summed E-state index contributed by atoms with van der Waals surface area (Å²) in [6.45, 7) is 0.297. The van der Waals surface area contributed by atoms with Crippen molar-refractivity contribution in [3.8, 4) is 11.1 Å². The van der Waals surface area contributed by atoms with Gasteiger partial charge in [0.05, 0.1) is 5.69 Å². The minimum Gasteiger partial charge on any atom is -0.356 e. The Morgan fingerprint density at radius 2 is 1.70 bits per heavy atom. The van der Waals surface area contributed by atoms with Crippen LogP contribution in [0.3, 0.4) is 0 Å². The predicted octanol–water partition coefficient (Wildman–Crippen LogP) is 6.89. The molecule has 37 heavy (non-hydrogen) atoms. The first-order valence-corrected chi connectivity index (χ1v) is 12.0. The summed E-state index contributed by atoms with van der Waals surface area (Å²) in [6.07, 6.45) is 9.31. The molecule has 2 aromatic heterocycles. The molecule has 0 unspecified atom stereocenters. The number of hydrogen-bond acceptors (Lipinski definition) is 2. The van der Waals surface area contributed by atoms with E-state index in [9.17, 15) is 9.18 Å². The standard InChI is InChI=1S/C31H23F2N3O/c1-35-19-26-25-14-24(32)15-27(33)30(25)36(18-23-16-34-29(28(23)26)31(35)37)17-22(21-10-6-3-7-11-21)13-12-20-8-4-2-5-9-20/h2-17,19,34H,18H2,1H3/b13-12+,22-17+. The fourth-order valence-electron chi connectivity index (χ4n) is 4.96. The lowest BCUT2D eigenvalue weighted by atomic mass is 10.0. The van der Waals surface area contributed by atoms with Crippen molar-refractivity contribution in [1.82, 2.24) is 9.55 Å². The van der Waals surface area contributed by atoms with Gasteiger partial charge in [-0.05, 0) is 28.3 Å². The molecule has 182 valence electrons. The van der Waals surface area contributed by atoms with Gasteiger partial charge < -0.3 is 14.5 Å². The number of pyridine rings is 1. The molecule has 0 saturated carbocycles. The van der Waals surface area contributed by atoms with E-state index in [-0.39, 0.29) is 11.2 Å². The van der Waals surface area contributed by atoms with E-state index in [0.29, 0.717) is 28.6 Å². The Bertz CT molecular complexity index is 1750. The summed E-state index contributed by atoms with van der Waals surface area (Å²) in [7, 11) is 1.64. The summed E-state index contributed by atoms with van der Waals surface area (Å²) in [5.74, 6) is -1.34. The summed E-state index contributed by atoms with van der Waals surface area (Å²) in [5.41, 5.74) is 5.16. The second-order valence-electron chi connectivity index (χ2n) is 9.13. The van der Waals surface area contributed by atoms with Crippen LogP contribution in [0.2, 0.25) is 0 Å². The first kappa shape index (κ1) is 22.7.